The Bertz CT molecular complexity index is 477. The Labute approximate surface area is 122 Å². The van der Waals surface area contributed by atoms with E-state index in [1.807, 2.05) is 0 Å². The highest BCUT2D eigenvalue weighted by Crippen LogP contribution is 2.23. The van der Waals surface area contributed by atoms with Gasteiger partial charge in [-0.3, -0.25) is 4.79 Å². The summed E-state index contributed by atoms with van der Waals surface area (Å²) in [6, 6.07) is 1.99. The summed E-state index contributed by atoms with van der Waals surface area (Å²) in [5.74, 6) is -2.66. The van der Waals surface area contributed by atoms with E-state index in [0.29, 0.717) is 13.1 Å². The molecule has 4 nitrogen and oxygen atoms in total. The highest BCUT2D eigenvalue weighted by Gasteiger charge is 2.18. The number of nitrogens with zero attached hydrogens (tertiary/aromatic N) is 1. The summed E-state index contributed by atoms with van der Waals surface area (Å²) in [4.78, 5) is 13.7. The third-order valence-electron chi connectivity index (χ3n) is 3.54. The van der Waals surface area contributed by atoms with Crippen LogP contribution in [0.2, 0.25) is 0 Å². The number of hydrogen-bond donors (Lipinski definition) is 1. The molecule has 1 fully saturated rings. The van der Waals surface area contributed by atoms with Gasteiger partial charge < -0.3 is 14.7 Å². The van der Waals surface area contributed by atoms with Crippen molar-refractivity contribution in [2.24, 2.45) is 0 Å². The molecule has 0 saturated carbocycles. The van der Waals surface area contributed by atoms with E-state index < -0.39 is 24.0 Å². The molecular formula is C15H19F2NO3. The molecule has 1 heterocycles. The maximum absolute atomic E-state index is 13.7. The molecule has 1 saturated heterocycles. The molecule has 1 aromatic rings. The Morgan fingerprint density at radius 2 is 1.71 bits per heavy atom. The van der Waals surface area contributed by atoms with E-state index in [-0.39, 0.29) is 18.1 Å². The van der Waals surface area contributed by atoms with Crippen LogP contribution in [0.1, 0.15) is 31.2 Å². The maximum Gasteiger partial charge on any atom is 0.260 e. The number of aliphatic hydroxyl groups excluding tert-OH is 1. The molecule has 21 heavy (non-hydrogen) atoms. The van der Waals surface area contributed by atoms with Crippen molar-refractivity contribution in [3.63, 3.8) is 0 Å². The molecule has 0 radical (unpaired) electrons. The minimum atomic E-state index is -0.914. The molecule has 1 amide bonds. The molecule has 1 aliphatic heterocycles. The molecule has 0 aliphatic carbocycles. The molecular weight excluding hydrogens is 280 g/mol. The van der Waals surface area contributed by atoms with Crippen LogP contribution in [-0.2, 0) is 11.4 Å². The predicted molar refractivity (Wildman–Crippen MR) is 72.8 cm³/mol. The Morgan fingerprint density at radius 3 is 2.24 bits per heavy atom. The summed E-state index contributed by atoms with van der Waals surface area (Å²) in [6.45, 7) is 0.486. The van der Waals surface area contributed by atoms with Crippen molar-refractivity contribution < 1.29 is 23.4 Å². The van der Waals surface area contributed by atoms with E-state index >= 15 is 0 Å². The van der Waals surface area contributed by atoms with Gasteiger partial charge in [0.25, 0.3) is 5.91 Å². The average Bonchev–Trinajstić information content (AvgIpc) is 2.75. The zero-order valence-electron chi connectivity index (χ0n) is 11.8. The second-order valence-electron chi connectivity index (χ2n) is 5.13. The van der Waals surface area contributed by atoms with E-state index in [4.69, 9.17) is 9.84 Å². The number of aliphatic hydroxyl groups is 1. The molecule has 0 spiro atoms. The van der Waals surface area contributed by atoms with Crippen LogP contribution in [-0.4, -0.2) is 35.6 Å². The molecule has 1 aromatic carbocycles. The van der Waals surface area contributed by atoms with Crippen molar-refractivity contribution in [1.82, 2.24) is 4.90 Å². The fraction of sp³-hybridized carbons (Fsp3) is 0.533. The Morgan fingerprint density at radius 1 is 1.14 bits per heavy atom. The average molecular weight is 299 g/mol. The van der Waals surface area contributed by atoms with E-state index in [2.05, 4.69) is 0 Å². The van der Waals surface area contributed by atoms with Crippen molar-refractivity contribution in [2.45, 2.75) is 32.3 Å². The van der Waals surface area contributed by atoms with Crippen molar-refractivity contribution in [3.05, 3.63) is 29.3 Å². The van der Waals surface area contributed by atoms with Gasteiger partial charge in [0.2, 0.25) is 0 Å². The number of hydrogen-bond acceptors (Lipinski definition) is 3. The first kappa shape index (κ1) is 15.7. The van der Waals surface area contributed by atoms with Crippen molar-refractivity contribution in [1.29, 1.82) is 0 Å². The number of ether oxygens (including phenoxy) is 1. The quantitative estimate of drug-likeness (QED) is 0.927. The van der Waals surface area contributed by atoms with Gasteiger partial charge in [0.05, 0.1) is 6.61 Å². The molecule has 2 rings (SSSR count). The van der Waals surface area contributed by atoms with Gasteiger partial charge in [0, 0.05) is 13.1 Å². The van der Waals surface area contributed by atoms with E-state index in [0.717, 1.165) is 37.8 Å². The lowest BCUT2D eigenvalue weighted by Gasteiger charge is -2.20. The van der Waals surface area contributed by atoms with E-state index in [1.165, 1.54) is 0 Å². The van der Waals surface area contributed by atoms with E-state index in [9.17, 15) is 13.6 Å². The normalized spacial score (nSPS) is 15.7. The third-order valence-corrected chi connectivity index (χ3v) is 3.54. The lowest BCUT2D eigenvalue weighted by molar-refractivity contribution is -0.133. The summed E-state index contributed by atoms with van der Waals surface area (Å²) in [6.07, 6.45) is 4.08. The minimum absolute atomic E-state index is 0.121. The zero-order valence-corrected chi connectivity index (χ0v) is 11.8. The Kier molecular flexibility index (Phi) is 5.50. The van der Waals surface area contributed by atoms with E-state index in [1.54, 1.807) is 4.90 Å². The standard InChI is InChI=1S/C15H19F2NO3/c16-12-7-11(9-19)8-13(17)15(12)21-10-14(20)18-5-3-1-2-4-6-18/h7-8,19H,1-6,9-10H2. The smallest absolute Gasteiger partial charge is 0.260 e. The van der Waals surface area contributed by atoms with Crippen molar-refractivity contribution >= 4 is 5.91 Å². The number of benzene rings is 1. The molecule has 0 bridgehead atoms. The molecule has 0 unspecified atom stereocenters. The number of carbonyl (C=O) groups is 1. The van der Waals surface area contributed by atoms with Crippen molar-refractivity contribution in [2.75, 3.05) is 19.7 Å². The number of halogens is 2. The molecule has 6 heteroatoms. The van der Waals surface area contributed by atoms with Crippen LogP contribution in [0.15, 0.2) is 12.1 Å². The van der Waals surface area contributed by atoms with Crippen LogP contribution >= 0.6 is 0 Å². The fourth-order valence-corrected chi connectivity index (χ4v) is 2.39. The zero-order chi connectivity index (χ0) is 15.2. The van der Waals surface area contributed by atoms with Gasteiger partial charge in [-0.15, -0.1) is 0 Å². The first-order valence-electron chi connectivity index (χ1n) is 7.11. The fourth-order valence-electron chi connectivity index (χ4n) is 2.39. The maximum atomic E-state index is 13.7. The molecule has 116 valence electrons. The van der Waals surface area contributed by atoms with Crippen LogP contribution in [0.4, 0.5) is 8.78 Å². The van der Waals surface area contributed by atoms with Crippen LogP contribution in [0.5, 0.6) is 5.75 Å². The number of carbonyl (C=O) groups excluding carboxylic acids is 1. The molecule has 0 atom stereocenters. The SMILES string of the molecule is O=C(COc1c(F)cc(CO)cc1F)N1CCCCCC1. The second-order valence-corrected chi connectivity index (χ2v) is 5.13. The van der Waals surface area contributed by atoms with Gasteiger partial charge in [-0.25, -0.2) is 8.78 Å². The van der Waals surface area contributed by atoms with Crippen LogP contribution < -0.4 is 4.74 Å². The summed E-state index contributed by atoms with van der Waals surface area (Å²) in [5.41, 5.74) is 0.121. The lowest BCUT2D eigenvalue weighted by Crippen LogP contribution is -2.35. The summed E-state index contributed by atoms with van der Waals surface area (Å²) < 4.78 is 32.3. The lowest BCUT2D eigenvalue weighted by atomic mass is 10.2. The van der Waals surface area contributed by atoms with Crippen LogP contribution in [0.25, 0.3) is 0 Å². The Hall–Kier alpha value is -1.69. The second kappa shape index (κ2) is 7.36. The monoisotopic (exact) mass is 299 g/mol. The highest BCUT2D eigenvalue weighted by atomic mass is 19.1. The largest absolute Gasteiger partial charge is 0.478 e. The highest BCUT2D eigenvalue weighted by molar-refractivity contribution is 5.77. The predicted octanol–water partition coefficient (Wildman–Crippen LogP) is 2.24. The van der Waals surface area contributed by atoms with Gasteiger partial charge in [0.15, 0.2) is 24.0 Å². The summed E-state index contributed by atoms with van der Waals surface area (Å²) >= 11 is 0. The topological polar surface area (TPSA) is 49.8 Å². The number of amides is 1. The molecule has 0 aromatic heterocycles. The summed E-state index contributed by atoms with van der Waals surface area (Å²) in [7, 11) is 0. The first-order chi connectivity index (χ1) is 10.1. The van der Waals surface area contributed by atoms with Crippen molar-refractivity contribution in [3.8, 4) is 5.75 Å². The first-order valence-corrected chi connectivity index (χ1v) is 7.11. The van der Waals surface area contributed by atoms with Crippen LogP contribution in [0, 0.1) is 11.6 Å². The van der Waals surface area contributed by atoms with Gasteiger partial charge in [-0.2, -0.15) is 0 Å². The minimum Gasteiger partial charge on any atom is -0.478 e. The van der Waals surface area contributed by atoms with Gasteiger partial charge in [0.1, 0.15) is 0 Å². The van der Waals surface area contributed by atoms with Gasteiger partial charge >= 0.3 is 0 Å². The molecule has 1 aliphatic rings. The Balaban J connectivity index is 1.97. The third kappa shape index (κ3) is 4.14. The summed E-state index contributed by atoms with van der Waals surface area (Å²) in [5, 5.41) is 8.86. The molecule has 1 N–H and O–H groups in total. The van der Waals surface area contributed by atoms with Crippen LogP contribution in [0.3, 0.4) is 0 Å². The number of likely N-dealkylation sites (tertiary alicyclic amines) is 1. The van der Waals surface area contributed by atoms with Gasteiger partial charge in [-0.1, -0.05) is 12.8 Å². The number of rotatable bonds is 4. The van der Waals surface area contributed by atoms with Gasteiger partial charge in [-0.05, 0) is 30.5 Å².